The molecule has 2 amide bonds. The van der Waals surface area contributed by atoms with Gasteiger partial charge in [0, 0.05) is 18.7 Å². The molecule has 9 heteroatoms. The molecule has 0 aliphatic carbocycles. The van der Waals surface area contributed by atoms with Gasteiger partial charge in [0.1, 0.15) is 5.76 Å². The van der Waals surface area contributed by atoms with Crippen LogP contribution in [0, 0.1) is 20.8 Å². The summed E-state index contributed by atoms with van der Waals surface area (Å²) in [6.45, 7) is 5.30. The van der Waals surface area contributed by atoms with Gasteiger partial charge in [-0.25, -0.2) is 4.98 Å². The molecule has 0 bridgehead atoms. The van der Waals surface area contributed by atoms with Crippen LogP contribution in [-0.2, 0) is 4.79 Å². The fourth-order valence-corrected chi connectivity index (χ4v) is 3.24. The first-order chi connectivity index (χ1) is 14.8. The van der Waals surface area contributed by atoms with Gasteiger partial charge in [0.25, 0.3) is 11.6 Å². The van der Waals surface area contributed by atoms with Crippen molar-refractivity contribution >= 4 is 28.7 Å². The molecule has 0 unspecified atom stereocenters. The van der Waals surface area contributed by atoms with E-state index in [0.29, 0.717) is 33.9 Å². The van der Waals surface area contributed by atoms with E-state index >= 15 is 0 Å². The molecule has 0 fully saturated rings. The summed E-state index contributed by atoms with van der Waals surface area (Å²) in [6.07, 6.45) is 0. The largest absolute Gasteiger partial charge is 0.360 e. The second kappa shape index (κ2) is 8.02. The van der Waals surface area contributed by atoms with Crippen LogP contribution >= 0.6 is 0 Å². The highest BCUT2D eigenvalue weighted by Gasteiger charge is 2.23. The summed E-state index contributed by atoms with van der Waals surface area (Å²) in [6, 6.07) is 11.1. The van der Waals surface area contributed by atoms with Crippen LogP contribution in [-0.4, -0.2) is 45.6 Å². The van der Waals surface area contributed by atoms with Crippen molar-refractivity contribution in [2.45, 2.75) is 20.8 Å². The summed E-state index contributed by atoms with van der Waals surface area (Å²) in [5.74, 6) is 0.130. The molecule has 0 spiro atoms. The van der Waals surface area contributed by atoms with Crippen molar-refractivity contribution in [1.29, 1.82) is 0 Å². The highest BCUT2D eigenvalue weighted by molar-refractivity contribution is 6.08. The molecule has 1 N–H and O–H groups in total. The predicted molar refractivity (Wildman–Crippen MR) is 114 cm³/mol. The number of amides is 2. The Kier molecular flexibility index (Phi) is 5.24. The third kappa shape index (κ3) is 4.16. The summed E-state index contributed by atoms with van der Waals surface area (Å²) < 4.78 is 10.3. The zero-order valence-corrected chi connectivity index (χ0v) is 17.6. The number of benzene rings is 1. The molecule has 1 aromatic carbocycles. The van der Waals surface area contributed by atoms with Crippen molar-refractivity contribution in [1.82, 2.24) is 20.2 Å². The standard InChI is InChI=1S/C22H21N5O4/c1-12-5-7-15(8-6-12)17-10-16(20-14(3)25-31-21(20)23-17)22(29)27(4)11-19(28)24-18-9-13(2)30-26-18/h5-10H,11H2,1-4H3,(H,24,26,28). The Morgan fingerprint density at radius 3 is 2.45 bits per heavy atom. The van der Waals surface area contributed by atoms with Crippen LogP contribution < -0.4 is 5.32 Å². The maximum Gasteiger partial charge on any atom is 0.259 e. The number of nitrogens with one attached hydrogen (secondary N) is 1. The number of hydrogen-bond donors (Lipinski definition) is 1. The number of aryl methyl sites for hydroxylation is 3. The highest BCUT2D eigenvalue weighted by atomic mass is 16.5. The topological polar surface area (TPSA) is 114 Å². The van der Waals surface area contributed by atoms with E-state index in [-0.39, 0.29) is 18.2 Å². The molecule has 3 aromatic heterocycles. The minimum absolute atomic E-state index is 0.168. The molecule has 0 atom stereocenters. The number of nitrogens with zero attached hydrogens (tertiary/aromatic N) is 4. The van der Waals surface area contributed by atoms with Crippen LogP contribution in [0.2, 0.25) is 0 Å². The number of fused-ring (bicyclic) bond motifs is 1. The van der Waals surface area contributed by atoms with E-state index < -0.39 is 5.91 Å². The Labute approximate surface area is 178 Å². The van der Waals surface area contributed by atoms with Gasteiger partial charge in [-0.2, -0.15) is 0 Å². The van der Waals surface area contributed by atoms with Gasteiger partial charge >= 0.3 is 0 Å². The van der Waals surface area contributed by atoms with Gasteiger partial charge in [-0.15, -0.1) is 0 Å². The number of aromatic nitrogens is 3. The maximum atomic E-state index is 13.3. The normalized spacial score (nSPS) is 11.0. The van der Waals surface area contributed by atoms with E-state index in [1.165, 1.54) is 4.90 Å². The molecule has 0 aliphatic rings. The van der Waals surface area contributed by atoms with Gasteiger partial charge in [0.2, 0.25) is 5.91 Å². The summed E-state index contributed by atoms with van der Waals surface area (Å²) in [4.78, 5) is 31.4. The zero-order valence-electron chi connectivity index (χ0n) is 17.6. The second-order valence-electron chi connectivity index (χ2n) is 7.40. The van der Waals surface area contributed by atoms with Crippen molar-refractivity contribution < 1.29 is 18.6 Å². The van der Waals surface area contributed by atoms with Crippen LogP contribution in [0.1, 0.15) is 27.4 Å². The lowest BCUT2D eigenvalue weighted by molar-refractivity contribution is -0.116. The number of rotatable bonds is 5. The van der Waals surface area contributed by atoms with E-state index in [2.05, 4.69) is 20.6 Å². The van der Waals surface area contributed by atoms with Gasteiger partial charge in [0.05, 0.1) is 28.9 Å². The molecule has 9 nitrogen and oxygen atoms in total. The van der Waals surface area contributed by atoms with Crippen molar-refractivity contribution in [3.8, 4) is 11.3 Å². The van der Waals surface area contributed by atoms with Crippen LogP contribution in [0.5, 0.6) is 0 Å². The first kappa shape index (κ1) is 20.3. The van der Waals surface area contributed by atoms with E-state index in [1.807, 2.05) is 31.2 Å². The Bertz CT molecular complexity index is 1270. The average molecular weight is 419 g/mol. The number of hydrogen-bond acceptors (Lipinski definition) is 7. The first-order valence-electron chi connectivity index (χ1n) is 9.64. The zero-order chi connectivity index (χ0) is 22.1. The lowest BCUT2D eigenvalue weighted by atomic mass is 10.0. The monoisotopic (exact) mass is 419 g/mol. The minimum atomic E-state index is -0.393. The summed E-state index contributed by atoms with van der Waals surface area (Å²) in [5, 5.41) is 10.8. The van der Waals surface area contributed by atoms with Crippen molar-refractivity contribution in [3.63, 3.8) is 0 Å². The molecule has 158 valence electrons. The highest BCUT2D eigenvalue weighted by Crippen LogP contribution is 2.28. The lowest BCUT2D eigenvalue weighted by Gasteiger charge is -2.17. The Balaban J connectivity index is 1.63. The first-order valence-corrected chi connectivity index (χ1v) is 9.64. The van der Waals surface area contributed by atoms with Crippen LogP contribution in [0.15, 0.2) is 45.4 Å². The lowest BCUT2D eigenvalue weighted by Crippen LogP contribution is -2.35. The number of carbonyl (C=O) groups is 2. The molecular weight excluding hydrogens is 398 g/mol. The molecule has 3 heterocycles. The average Bonchev–Trinajstić information content (AvgIpc) is 3.32. The SMILES string of the molecule is Cc1ccc(-c2cc(C(=O)N(C)CC(=O)Nc3cc(C)on3)c3c(C)noc3n2)cc1. The number of pyridine rings is 1. The maximum absolute atomic E-state index is 13.3. The molecule has 0 saturated heterocycles. The predicted octanol–water partition coefficient (Wildman–Crippen LogP) is 3.51. The molecule has 0 aliphatic heterocycles. The number of anilines is 1. The fourth-order valence-electron chi connectivity index (χ4n) is 3.24. The summed E-state index contributed by atoms with van der Waals surface area (Å²) >= 11 is 0. The summed E-state index contributed by atoms with van der Waals surface area (Å²) in [7, 11) is 1.55. The molecule has 4 aromatic rings. The minimum Gasteiger partial charge on any atom is -0.360 e. The van der Waals surface area contributed by atoms with E-state index in [1.54, 1.807) is 33.0 Å². The van der Waals surface area contributed by atoms with Crippen LogP contribution in [0.3, 0.4) is 0 Å². The molecule has 31 heavy (non-hydrogen) atoms. The quantitative estimate of drug-likeness (QED) is 0.526. The molecular formula is C22H21N5O4. The Hall–Kier alpha value is -4.01. The van der Waals surface area contributed by atoms with Crippen LogP contribution in [0.4, 0.5) is 5.82 Å². The fraction of sp³-hybridized carbons (Fsp3) is 0.227. The van der Waals surface area contributed by atoms with Gasteiger partial charge in [-0.3, -0.25) is 9.59 Å². The Morgan fingerprint density at radius 2 is 1.77 bits per heavy atom. The van der Waals surface area contributed by atoms with Crippen LogP contribution in [0.25, 0.3) is 22.4 Å². The van der Waals surface area contributed by atoms with Crippen molar-refractivity contribution in [3.05, 3.63) is 59.0 Å². The number of carbonyl (C=O) groups excluding carboxylic acids is 2. The smallest absolute Gasteiger partial charge is 0.259 e. The van der Waals surface area contributed by atoms with Crippen molar-refractivity contribution in [2.24, 2.45) is 0 Å². The molecule has 0 radical (unpaired) electrons. The third-order valence-electron chi connectivity index (χ3n) is 4.82. The second-order valence-corrected chi connectivity index (χ2v) is 7.40. The van der Waals surface area contributed by atoms with E-state index in [9.17, 15) is 9.59 Å². The van der Waals surface area contributed by atoms with E-state index in [0.717, 1.165) is 11.1 Å². The van der Waals surface area contributed by atoms with Crippen molar-refractivity contribution in [2.75, 3.05) is 18.9 Å². The number of likely N-dealkylation sites (N-methyl/N-ethyl adjacent to an activating group) is 1. The molecule has 4 rings (SSSR count). The molecule has 0 saturated carbocycles. The Morgan fingerprint density at radius 1 is 1.03 bits per heavy atom. The van der Waals surface area contributed by atoms with Gasteiger partial charge in [-0.1, -0.05) is 40.1 Å². The van der Waals surface area contributed by atoms with Gasteiger partial charge < -0.3 is 19.3 Å². The third-order valence-corrected chi connectivity index (χ3v) is 4.82. The van der Waals surface area contributed by atoms with Gasteiger partial charge in [0.15, 0.2) is 5.82 Å². The van der Waals surface area contributed by atoms with E-state index in [4.69, 9.17) is 9.05 Å². The summed E-state index contributed by atoms with van der Waals surface area (Å²) in [5.41, 5.74) is 3.74. The van der Waals surface area contributed by atoms with Gasteiger partial charge in [-0.05, 0) is 26.8 Å².